The number of urea groups is 1. The smallest absolute Gasteiger partial charge is 0.316 e. The van der Waals surface area contributed by atoms with E-state index in [1.807, 2.05) is 41.5 Å². The van der Waals surface area contributed by atoms with Crippen LogP contribution in [0, 0.1) is 39.9 Å². The van der Waals surface area contributed by atoms with Crippen LogP contribution in [0.4, 0.5) is 4.79 Å². The first-order valence-electron chi connectivity index (χ1n) is 16.2. The van der Waals surface area contributed by atoms with Gasteiger partial charge >= 0.3 is 6.03 Å². The summed E-state index contributed by atoms with van der Waals surface area (Å²) >= 11 is 0. The van der Waals surface area contributed by atoms with E-state index in [1.165, 1.54) is 0 Å². The van der Waals surface area contributed by atoms with Gasteiger partial charge in [-0.25, -0.2) is 4.79 Å². The number of nitrogens with zero attached hydrogens (tertiary/aromatic N) is 1. The van der Waals surface area contributed by atoms with Crippen LogP contribution in [0.25, 0.3) is 0 Å². The normalized spacial score (nSPS) is 22.8. The monoisotopic (exact) mass is 615 g/mol. The Labute approximate surface area is 264 Å². The molecule has 0 spiro atoms. The van der Waals surface area contributed by atoms with Crippen LogP contribution in [0.3, 0.4) is 0 Å². The molecule has 1 saturated heterocycles. The van der Waals surface area contributed by atoms with Crippen LogP contribution in [-0.2, 0) is 24.0 Å². The summed E-state index contributed by atoms with van der Waals surface area (Å²) in [7, 11) is 0. The summed E-state index contributed by atoms with van der Waals surface area (Å²) in [6.07, 6.45) is 3.02. The molecule has 0 aromatic heterocycles. The molecule has 6 atom stereocenters. The first-order valence-corrected chi connectivity index (χ1v) is 16.2. The van der Waals surface area contributed by atoms with Crippen molar-refractivity contribution in [2.45, 2.75) is 126 Å². The molecule has 1 heterocycles. The van der Waals surface area contributed by atoms with E-state index in [1.54, 1.807) is 31.7 Å². The zero-order valence-electron chi connectivity index (χ0n) is 29.0. The van der Waals surface area contributed by atoms with Gasteiger partial charge in [-0.05, 0) is 41.4 Å². The summed E-state index contributed by atoms with van der Waals surface area (Å²) in [4.78, 5) is 81.8. The fourth-order valence-electron chi connectivity index (χ4n) is 6.63. The molecule has 0 aromatic carbocycles. The predicted molar refractivity (Wildman–Crippen MR) is 172 cm³/mol. The summed E-state index contributed by atoms with van der Waals surface area (Å²) < 4.78 is 0. The van der Waals surface area contributed by atoms with Gasteiger partial charge in [0.15, 0.2) is 17.3 Å². The Morgan fingerprint density at radius 3 is 2.07 bits per heavy atom. The van der Waals surface area contributed by atoms with Gasteiger partial charge in [0.2, 0.25) is 11.7 Å². The van der Waals surface area contributed by atoms with Gasteiger partial charge in [0.05, 0.1) is 12.1 Å². The maximum atomic E-state index is 14.2. The molecule has 248 valence electrons. The molecule has 2 aliphatic rings. The Hall–Kier alpha value is -2.84. The zero-order valence-corrected chi connectivity index (χ0v) is 29.0. The zero-order chi connectivity index (χ0) is 33.9. The average Bonchev–Trinajstić information content (AvgIpc) is 3.22. The van der Waals surface area contributed by atoms with Crippen LogP contribution in [0.15, 0.2) is 12.7 Å². The number of fused-ring (bicyclic) bond motifs is 1. The fraction of sp³-hybridized carbons (Fsp3) is 0.771. The fourth-order valence-corrected chi connectivity index (χ4v) is 6.63. The first kappa shape index (κ1) is 37.3. The number of piperidine rings is 1. The average molecular weight is 616 g/mol. The number of ketones is 4. The maximum absolute atomic E-state index is 14.2. The van der Waals surface area contributed by atoms with Crippen LogP contribution < -0.4 is 10.6 Å². The molecule has 1 aliphatic heterocycles. The number of likely N-dealkylation sites (tertiary alicyclic amines) is 1. The second kappa shape index (κ2) is 14.1. The lowest BCUT2D eigenvalue weighted by Crippen LogP contribution is -2.61. The van der Waals surface area contributed by atoms with Gasteiger partial charge in [-0.15, -0.1) is 6.58 Å². The lowest BCUT2D eigenvalue weighted by molar-refractivity contribution is -0.144. The molecule has 0 radical (unpaired) electrons. The van der Waals surface area contributed by atoms with Gasteiger partial charge < -0.3 is 15.5 Å². The molecule has 9 heteroatoms. The second-order valence-electron chi connectivity index (χ2n) is 15.9. The number of hydrogen-bond donors (Lipinski definition) is 2. The molecule has 0 aromatic rings. The van der Waals surface area contributed by atoms with Crippen molar-refractivity contribution in [1.29, 1.82) is 0 Å². The quantitative estimate of drug-likeness (QED) is 0.190. The van der Waals surface area contributed by atoms with Crippen LogP contribution in [-0.4, -0.2) is 64.6 Å². The lowest BCUT2D eigenvalue weighted by Gasteiger charge is -2.38. The number of allylic oxidation sites excluding steroid dienone is 1. The number of rotatable bonds is 15. The highest BCUT2D eigenvalue weighted by Gasteiger charge is 2.69. The minimum absolute atomic E-state index is 0.0584. The summed E-state index contributed by atoms with van der Waals surface area (Å²) in [5.41, 5.74) is -1.50. The summed E-state index contributed by atoms with van der Waals surface area (Å²) in [6, 6.07) is -3.06. The van der Waals surface area contributed by atoms with E-state index in [2.05, 4.69) is 31.1 Å². The summed E-state index contributed by atoms with van der Waals surface area (Å²) in [6.45, 7) is 24.7. The molecule has 1 aliphatic carbocycles. The topological polar surface area (TPSA) is 130 Å². The third-order valence-corrected chi connectivity index (χ3v) is 9.49. The van der Waals surface area contributed by atoms with Crippen molar-refractivity contribution in [2.24, 2.45) is 39.9 Å². The molecular weight excluding hydrogens is 558 g/mol. The van der Waals surface area contributed by atoms with Crippen LogP contribution in [0.5, 0.6) is 0 Å². The maximum Gasteiger partial charge on any atom is 0.316 e. The van der Waals surface area contributed by atoms with Gasteiger partial charge in [0.25, 0.3) is 0 Å². The Morgan fingerprint density at radius 2 is 1.59 bits per heavy atom. The Bertz CT molecular complexity index is 1140. The molecule has 44 heavy (non-hydrogen) atoms. The third kappa shape index (κ3) is 8.45. The molecule has 0 bridgehead atoms. The summed E-state index contributed by atoms with van der Waals surface area (Å²) in [5, 5.41) is 5.64. The molecule has 3 amide bonds. The van der Waals surface area contributed by atoms with Crippen LogP contribution in [0.1, 0.15) is 108 Å². The third-order valence-electron chi connectivity index (χ3n) is 9.49. The molecule has 2 N–H and O–H groups in total. The molecule has 1 unspecified atom stereocenters. The highest BCUT2D eigenvalue weighted by Crippen LogP contribution is 2.65. The first-order chi connectivity index (χ1) is 20.1. The predicted octanol–water partition coefficient (Wildman–Crippen LogP) is 5.30. The highest BCUT2D eigenvalue weighted by molar-refractivity contribution is 6.38. The van der Waals surface area contributed by atoms with Gasteiger partial charge in [-0.3, -0.25) is 24.0 Å². The van der Waals surface area contributed by atoms with Crippen LogP contribution >= 0.6 is 0 Å². The van der Waals surface area contributed by atoms with Crippen molar-refractivity contribution in [2.75, 3.05) is 6.54 Å². The van der Waals surface area contributed by atoms with Crippen molar-refractivity contribution in [1.82, 2.24) is 15.5 Å². The Morgan fingerprint density at radius 1 is 1.00 bits per heavy atom. The SMILES string of the molecule is C=CCCC(=O)C(=O)C(CCC)CC(=O)[C@@H]1[C@@H]2[C@H](CN1C(=O)[C@@H](NC(=O)N[C@H](C(=O)C(C)(C)C)C(C)C)C(C)(C)C)C2(C)C. The van der Waals surface area contributed by atoms with E-state index in [4.69, 9.17) is 0 Å². The van der Waals surface area contributed by atoms with E-state index < -0.39 is 52.5 Å². The van der Waals surface area contributed by atoms with E-state index >= 15 is 0 Å². The van der Waals surface area contributed by atoms with E-state index in [0.717, 1.165) is 0 Å². The largest absolute Gasteiger partial charge is 0.330 e. The Balaban J connectivity index is 2.33. The highest BCUT2D eigenvalue weighted by atomic mass is 16.2. The standard InChI is InChI=1S/C35H57N3O6/c1-13-15-17-23(39)28(41)21(16-14-2)18-24(40)27-25-22(35(25,11)12)19-38(27)31(43)29(33(5,6)7)37-32(44)36-26(20(3)4)30(42)34(8,9)10/h13,20-22,25-27,29H,1,14-19H2,2-12H3,(H2,36,37,44)/t21?,22-,25-,26-,27+,29+/m0/s1. The number of amides is 3. The van der Waals surface area contributed by atoms with Gasteiger partial charge in [0.1, 0.15) is 6.04 Å². The second-order valence-corrected chi connectivity index (χ2v) is 15.9. The number of nitrogens with one attached hydrogen (secondary N) is 2. The molecule has 9 nitrogen and oxygen atoms in total. The molecule has 1 saturated carbocycles. The van der Waals surface area contributed by atoms with E-state index in [0.29, 0.717) is 25.8 Å². The van der Waals surface area contributed by atoms with Gasteiger partial charge in [-0.2, -0.15) is 0 Å². The number of carbonyl (C=O) groups is 6. The summed E-state index contributed by atoms with van der Waals surface area (Å²) in [5.74, 6) is -2.52. The van der Waals surface area contributed by atoms with Crippen molar-refractivity contribution in [3.63, 3.8) is 0 Å². The van der Waals surface area contributed by atoms with Crippen molar-refractivity contribution >= 4 is 35.1 Å². The van der Waals surface area contributed by atoms with Gasteiger partial charge in [-0.1, -0.05) is 88.7 Å². The molecular formula is C35H57N3O6. The van der Waals surface area contributed by atoms with Crippen molar-refractivity contribution in [3.8, 4) is 0 Å². The van der Waals surface area contributed by atoms with Crippen molar-refractivity contribution in [3.05, 3.63) is 12.7 Å². The number of Topliss-reactive ketones (excluding diaryl/α,β-unsaturated/α-hetero) is 4. The van der Waals surface area contributed by atoms with Gasteiger partial charge in [0, 0.05) is 30.7 Å². The Kier molecular flexibility index (Phi) is 11.9. The number of hydrogen-bond acceptors (Lipinski definition) is 6. The van der Waals surface area contributed by atoms with Crippen LogP contribution in [0.2, 0.25) is 0 Å². The van der Waals surface area contributed by atoms with E-state index in [-0.39, 0.29) is 53.5 Å². The minimum Gasteiger partial charge on any atom is -0.330 e. The van der Waals surface area contributed by atoms with Crippen molar-refractivity contribution < 1.29 is 28.8 Å². The minimum atomic E-state index is -0.968. The number of carbonyl (C=O) groups excluding carboxylic acids is 6. The van der Waals surface area contributed by atoms with E-state index in [9.17, 15) is 28.8 Å². The lowest BCUT2D eigenvalue weighted by atomic mass is 9.82. The molecule has 2 fully saturated rings. The molecule has 2 rings (SSSR count).